The highest BCUT2D eigenvalue weighted by atomic mass is 35.5. The van der Waals surface area contributed by atoms with E-state index < -0.39 is 0 Å². The molecule has 3 heterocycles. The van der Waals surface area contributed by atoms with E-state index in [-0.39, 0.29) is 18.5 Å². The van der Waals surface area contributed by atoms with Crippen LogP contribution in [0.3, 0.4) is 0 Å². The Hall–Kier alpha value is -2.32. The number of fused-ring (bicyclic) bond motifs is 1. The second kappa shape index (κ2) is 6.89. The standard InChI is InChI=1S/C16H16ClFN6O/c17-12-4-1-5-13(18)11(12)8-24-16-14(22-23-24)15(20-9-21-16)19-7-10-3-2-6-25-10/h1,4-5,9-10H,2-3,6-8H2,(H,19,20,21)/t10-/m0/s1. The average Bonchev–Trinajstić information content (AvgIpc) is 3.26. The minimum absolute atomic E-state index is 0.143. The molecule has 1 saturated heterocycles. The van der Waals surface area contributed by atoms with Gasteiger partial charge >= 0.3 is 0 Å². The number of rotatable bonds is 5. The Bertz CT molecular complexity index is 875. The number of hydrogen-bond donors (Lipinski definition) is 1. The maximum atomic E-state index is 14.0. The van der Waals surface area contributed by atoms with E-state index in [1.165, 1.54) is 17.1 Å². The number of halogens is 2. The summed E-state index contributed by atoms with van der Waals surface area (Å²) in [6.45, 7) is 1.59. The monoisotopic (exact) mass is 362 g/mol. The molecule has 4 rings (SSSR count). The van der Waals surface area contributed by atoms with E-state index in [0.717, 1.165) is 19.4 Å². The summed E-state index contributed by atoms with van der Waals surface area (Å²) in [5, 5.41) is 11.8. The Morgan fingerprint density at radius 1 is 1.36 bits per heavy atom. The number of hydrogen-bond acceptors (Lipinski definition) is 6. The topological polar surface area (TPSA) is 77.8 Å². The molecule has 0 radical (unpaired) electrons. The Morgan fingerprint density at radius 3 is 3.08 bits per heavy atom. The molecule has 25 heavy (non-hydrogen) atoms. The van der Waals surface area contributed by atoms with Crippen LogP contribution in [0, 0.1) is 5.82 Å². The molecule has 0 unspecified atom stereocenters. The van der Waals surface area contributed by atoms with Gasteiger partial charge in [-0.3, -0.25) is 0 Å². The maximum absolute atomic E-state index is 14.0. The highest BCUT2D eigenvalue weighted by Gasteiger charge is 2.18. The van der Waals surface area contributed by atoms with Crippen LogP contribution in [0.15, 0.2) is 24.5 Å². The summed E-state index contributed by atoms with van der Waals surface area (Å²) >= 11 is 6.09. The third-order valence-electron chi connectivity index (χ3n) is 4.19. The van der Waals surface area contributed by atoms with Crippen molar-refractivity contribution < 1.29 is 9.13 Å². The van der Waals surface area contributed by atoms with Gasteiger partial charge in [0.25, 0.3) is 0 Å². The van der Waals surface area contributed by atoms with Gasteiger partial charge in [0.15, 0.2) is 17.0 Å². The first-order chi connectivity index (χ1) is 12.2. The van der Waals surface area contributed by atoms with Crippen molar-refractivity contribution in [1.82, 2.24) is 25.0 Å². The SMILES string of the molecule is Fc1cccc(Cl)c1Cn1nnc2c(NC[C@@H]3CCCO3)ncnc21. The van der Waals surface area contributed by atoms with Crippen molar-refractivity contribution in [1.29, 1.82) is 0 Å². The predicted octanol–water partition coefficient (Wildman–Crippen LogP) is 2.65. The average molecular weight is 363 g/mol. The lowest BCUT2D eigenvalue weighted by Crippen LogP contribution is -2.19. The lowest BCUT2D eigenvalue weighted by Gasteiger charge is -2.11. The van der Waals surface area contributed by atoms with Crippen LogP contribution in [0.4, 0.5) is 10.2 Å². The second-order valence-corrected chi connectivity index (χ2v) is 6.26. The highest BCUT2D eigenvalue weighted by Crippen LogP contribution is 2.23. The molecule has 1 fully saturated rings. The summed E-state index contributed by atoms with van der Waals surface area (Å²) in [5.74, 6) is 0.202. The van der Waals surface area contributed by atoms with Crippen LogP contribution in [0.5, 0.6) is 0 Å². The number of nitrogens with one attached hydrogen (secondary N) is 1. The zero-order chi connectivity index (χ0) is 17.2. The Balaban J connectivity index is 1.60. The van der Waals surface area contributed by atoms with Crippen LogP contribution in [-0.2, 0) is 11.3 Å². The van der Waals surface area contributed by atoms with Gasteiger partial charge in [0.2, 0.25) is 0 Å². The van der Waals surface area contributed by atoms with Crippen molar-refractivity contribution in [3.63, 3.8) is 0 Å². The van der Waals surface area contributed by atoms with E-state index in [9.17, 15) is 4.39 Å². The van der Waals surface area contributed by atoms with Gasteiger partial charge in [-0.15, -0.1) is 5.10 Å². The van der Waals surface area contributed by atoms with Gasteiger partial charge in [-0.2, -0.15) is 0 Å². The van der Waals surface area contributed by atoms with Crippen LogP contribution in [0.1, 0.15) is 18.4 Å². The molecule has 0 amide bonds. The zero-order valence-electron chi connectivity index (χ0n) is 13.3. The van der Waals surface area contributed by atoms with E-state index in [0.29, 0.717) is 34.1 Å². The maximum Gasteiger partial charge on any atom is 0.184 e. The number of benzene rings is 1. The van der Waals surface area contributed by atoms with Crippen molar-refractivity contribution in [2.24, 2.45) is 0 Å². The molecule has 0 spiro atoms. The molecule has 1 aliphatic heterocycles. The summed E-state index contributed by atoms with van der Waals surface area (Å²) in [7, 11) is 0. The minimum Gasteiger partial charge on any atom is -0.376 e. The normalized spacial score (nSPS) is 17.3. The first-order valence-electron chi connectivity index (χ1n) is 8.05. The van der Waals surface area contributed by atoms with Crippen molar-refractivity contribution in [2.45, 2.75) is 25.5 Å². The Labute approximate surface area is 148 Å². The summed E-state index contributed by atoms with van der Waals surface area (Å²) in [5.41, 5.74) is 1.40. The molecule has 1 N–H and O–H groups in total. The van der Waals surface area contributed by atoms with E-state index in [1.807, 2.05) is 0 Å². The fraction of sp³-hybridized carbons (Fsp3) is 0.375. The van der Waals surface area contributed by atoms with E-state index >= 15 is 0 Å². The molecule has 3 aromatic rings. The van der Waals surface area contributed by atoms with E-state index in [2.05, 4.69) is 25.6 Å². The van der Waals surface area contributed by atoms with Gasteiger partial charge < -0.3 is 10.1 Å². The van der Waals surface area contributed by atoms with Gasteiger partial charge in [-0.1, -0.05) is 22.9 Å². The molecule has 0 saturated carbocycles. The fourth-order valence-electron chi connectivity index (χ4n) is 2.88. The molecule has 9 heteroatoms. The summed E-state index contributed by atoms with van der Waals surface area (Å²) in [6, 6.07) is 4.57. The smallest absolute Gasteiger partial charge is 0.184 e. The first-order valence-corrected chi connectivity index (χ1v) is 8.42. The molecule has 0 aliphatic carbocycles. The molecule has 7 nitrogen and oxygen atoms in total. The van der Waals surface area contributed by atoms with Crippen LogP contribution in [0.2, 0.25) is 5.02 Å². The molecule has 2 aromatic heterocycles. The summed E-state index contributed by atoms with van der Waals surface area (Å²) in [6.07, 6.45) is 3.71. The van der Waals surface area contributed by atoms with E-state index in [1.54, 1.807) is 12.1 Å². The lowest BCUT2D eigenvalue weighted by atomic mass is 10.2. The van der Waals surface area contributed by atoms with Crippen LogP contribution < -0.4 is 5.32 Å². The first kappa shape index (κ1) is 16.2. The molecule has 1 aliphatic rings. The third-order valence-corrected chi connectivity index (χ3v) is 4.54. The third kappa shape index (κ3) is 3.27. The van der Waals surface area contributed by atoms with Crippen molar-refractivity contribution in [3.05, 3.63) is 40.9 Å². The number of nitrogens with zero attached hydrogens (tertiary/aromatic N) is 5. The Kier molecular flexibility index (Phi) is 4.46. The molecule has 130 valence electrons. The van der Waals surface area contributed by atoms with Crippen LogP contribution in [0.25, 0.3) is 11.2 Å². The predicted molar refractivity (Wildman–Crippen MR) is 91.1 cm³/mol. The molecule has 1 aromatic carbocycles. The van der Waals surface area contributed by atoms with E-state index in [4.69, 9.17) is 16.3 Å². The molecule has 1 atom stereocenters. The second-order valence-electron chi connectivity index (χ2n) is 5.86. The highest BCUT2D eigenvalue weighted by molar-refractivity contribution is 6.31. The summed E-state index contributed by atoms with van der Waals surface area (Å²) in [4.78, 5) is 8.46. The number of aromatic nitrogens is 5. The minimum atomic E-state index is -0.387. The van der Waals surface area contributed by atoms with Gasteiger partial charge in [0, 0.05) is 23.7 Å². The quantitative estimate of drug-likeness (QED) is 0.751. The molecular formula is C16H16ClFN6O. The molecule has 0 bridgehead atoms. The van der Waals surface area contributed by atoms with Crippen molar-refractivity contribution in [3.8, 4) is 0 Å². The summed E-state index contributed by atoms with van der Waals surface area (Å²) < 4.78 is 21.1. The fourth-order valence-corrected chi connectivity index (χ4v) is 3.10. The van der Waals surface area contributed by atoms with Gasteiger partial charge in [-0.05, 0) is 25.0 Å². The van der Waals surface area contributed by atoms with Crippen molar-refractivity contribution >= 4 is 28.6 Å². The molecular weight excluding hydrogens is 347 g/mol. The number of anilines is 1. The zero-order valence-corrected chi connectivity index (χ0v) is 14.1. The van der Waals surface area contributed by atoms with Crippen molar-refractivity contribution in [2.75, 3.05) is 18.5 Å². The van der Waals surface area contributed by atoms with Crippen LogP contribution >= 0.6 is 11.6 Å². The largest absolute Gasteiger partial charge is 0.376 e. The number of ether oxygens (including phenoxy) is 1. The Morgan fingerprint density at radius 2 is 2.28 bits per heavy atom. The van der Waals surface area contributed by atoms with Gasteiger partial charge in [0.05, 0.1) is 12.6 Å². The van der Waals surface area contributed by atoms with Gasteiger partial charge in [0.1, 0.15) is 12.1 Å². The van der Waals surface area contributed by atoms with Gasteiger partial charge in [-0.25, -0.2) is 19.0 Å². The van der Waals surface area contributed by atoms with Crippen LogP contribution in [-0.4, -0.2) is 44.2 Å². The lowest BCUT2D eigenvalue weighted by molar-refractivity contribution is 0.120.